The van der Waals surface area contributed by atoms with E-state index in [1.54, 1.807) is 0 Å². The van der Waals surface area contributed by atoms with E-state index in [4.69, 9.17) is 5.21 Å². The number of phenols is 2. The molecule has 11 nitrogen and oxygen atoms in total. The van der Waals surface area contributed by atoms with Crippen molar-refractivity contribution in [3.8, 4) is 11.5 Å². The van der Waals surface area contributed by atoms with Gasteiger partial charge < -0.3 is 30.9 Å². The van der Waals surface area contributed by atoms with Gasteiger partial charge in [0.2, 0.25) is 5.91 Å². The van der Waals surface area contributed by atoms with Crippen LogP contribution in [0.25, 0.3) is 0 Å². The molecular weight excluding hydrogens is 445 g/mol. The Morgan fingerprint density at radius 1 is 0.912 bits per heavy atom. The van der Waals surface area contributed by atoms with E-state index in [0.29, 0.717) is 5.56 Å². The maximum atomic E-state index is 13.0. The van der Waals surface area contributed by atoms with E-state index >= 15 is 0 Å². The van der Waals surface area contributed by atoms with Crippen molar-refractivity contribution in [2.45, 2.75) is 38.8 Å². The molecule has 0 heterocycles. The van der Waals surface area contributed by atoms with E-state index in [-0.39, 0.29) is 35.5 Å². The Bertz CT molecular complexity index is 1030. The van der Waals surface area contributed by atoms with E-state index < -0.39 is 42.7 Å². The van der Waals surface area contributed by atoms with Crippen LogP contribution in [-0.4, -0.2) is 62.4 Å². The molecule has 0 radical (unpaired) electrons. The van der Waals surface area contributed by atoms with Gasteiger partial charge in [-0.2, -0.15) is 0 Å². The Morgan fingerprint density at radius 3 is 2.18 bits per heavy atom. The van der Waals surface area contributed by atoms with Gasteiger partial charge in [0.1, 0.15) is 12.1 Å². The molecule has 0 aliphatic heterocycles. The van der Waals surface area contributed by atoms with Crippen LogP contribution in [0.4, 0.5) is 0 Å². The number of hydrogen-bond acceptors (Lipinski definition) is 8. The first-order valence-corrected chi connectivity index (χ1v) is 10.5. The SMILES string of the molecule is CC(C)C[C@H](NC(=O)c1ccccc1B(O)O)C(=O)N[C@@H](Cc1ccc(O)c(O)c1)C(=O)NO. The van der Waals surface area contributed by atoms with Gasteiger partial charge in [-0.3, -0.25) is 19.6 Å². The molecular formula is C22H28BN3O8. The molecule has 0 aliphatic rings. The van der Waals surface area contributed by atoms with Crippen LogP contribution in [0.5, 0.6) is 11.5 Å². The van der Waals surface area contributed by atoms with Crippen molar-refractivity contribution in [2.75, 3.05) is 0 Å². The zero-order valence-corrected chi connectivity index (χ0v) is 18.7. The standard InChI is InChI=1S/C22H28BN3O8/c1-12(2)9-16(24-20(29)14-5-3-4-6-15(14)23(32)33)21(30)25-17(22(31)26-34)10-13-7-8-18(27)19(28)11-13/h3-8,11-12,16-17,27-28,32-34H,9-10H2,1-2H3,(H,24,29)(H,25,30)(H,26,31)/t16-,17-/m0/s1. The molecule has 0 spiro atoms. The van der Waals surface area contributed by atoms with Crippen LogP contribution < -0.4 is 21.6 Å². The lowest BCUT2D eigenvalue weighted by Gasteiger charge is -2.24. The zero-order chi connectivity index (χ0) is 25.4. The Labute approximate surface area is 196 Å². The number of aromatic hydroxyl groups is 2. The van der Waals surface area contributed by atoms with Crippen molar-refractivity contribution in [3.63, 3.8) is 0 Å². The molecule has 0 aromatic heterocycles. The molecule has 8 N–H and O–H groups in total. The van der Waals surface area contributed by atoms with Gasteiger partial charge >= 0.3 is 7.12 Å². The maximum absolute atomic E-state index is 13.0. The number of hydroxylamine groups is 1. The summed E-state index contributed by atoms with van der Waals surface area (Å²) in [6.45, 7) is 3.66. The van der Waals surface area contributed by atoms with Gasteiger partial charge in [0.05, 0.1) is 0 Å². The van der Waals surface area contributed by atoms with Gasteiger partial charge in [-0.05, 0) is 41.6 Å². The van der Waals surface area contributed by atoms with E-state index in [1.807, 2.05) is 13.8 Å². The number of carbonyl (C=O) groups excluding carboxylic acids is 3. The molecule has 182 valence electrons. The van der Waals surface area contributed by atoms with Crippen molar-refractivity contribution in [3.05, 3.63) is 53.6 Å². The summed E-state index contributed by atoms with van der Waals surface area (Å²) < 4.78 is 0. The molecule has 2 rings (SSSR count). The van der Waals surface area contributed by atoms with E-state index in [0.717, 1.165) is 0 Å². The topological polar surface area (TPSA) is 188 Å². The molecule has 2 atom stereocenters. The van der Waals surface area contributed by atoms with Crippen molar-refractivity contribution in [1.82, 2.24) is 16.1 Å². The molecule has 2 aromatic carbocycles. The van der Waals surface area contributed by atoms with Crippen molar-refractivity contribution < 1.29 is 39.9 Å². The predicted molar refractivity (Wildman–Crippen MR) is 122 cm³/mol. The van der Waals surface area contributed by atoms with Gasteiger partial charge in [0.15, 0.2) is 11.5 Å². The second-order valence-corrected chi connectivity index (χ2v) is 8.18. The average Bonchev–Trinajstić information content (AvgIpc) is 2.79. The molecule has 34 heavy (non-hydrogen) atoms. The summed E-state index contributed by atoms with van der Waals surface area (Å²) in [6.07, 6.45) is 0.0722. The van der Waals surface area contributed by atoms with Crippen molar-refractivity contribution in [2.24, 2.45) is 5.92 Å². The first-order valence-electron chi connectivity index (χ1n) is 10.5. The molecule has 3 amide bonds. The lowest BCUT2D eigenvalue weighted by molar-refractivity contribution is -0.135. The van der Waals surface area contributed by atoms with E-state index in [2.05, 4.69) is 10.6 Å². The Morgan fingerprint density at radius 2 is 1.59 bits per heavy atom. The van der Waals surface area contributed by atoms with Crippen LogP contribution in [-0.2, 0) is 16.0 Å². The monoisotopic (exact) mass is 473 g/mol. The van der Waals surface area contributed by atoms with Crippen LogP contribution in [0, 0.1) is 5.92 Å². The van der Waals surface area contributed by atoms with Crippen molar-refractivity contribution in [1.29, 1.82) is 0 Å². The highest BCUT2D eigenvalue weighted by Crippen LogP contribution is 2.25. The molecule has 0 saturated carbocycles. The minimum absolute atomic E-state index is 0.0247. The Hall–Kier alpha value is -3.61. The maximum Gasteiger partial charge on any atom is 0.489 e. The van der Waals surface area contributed by atoms with Gasteiger partial charge in [0.25, 0.3) is 11.8 Å². The molecule has 0 saturated heterocycles. The smallest absolute Gasteiger partial charge is 0.489 e. The average molecular weight is 473 g/mol. The number of hydrogen-bond donors (Lipinski definition) is 8. The molecule has 0 bridgehead atoms. The predicted octanol–water partition coefficient (Wildman–Crippen LogP) is -0.845. The molecule has 0 unspecified atom stereocenters. The Kier molecular flexibility index (Phi) is 9.42. The zero-order valence-electron chi connectivity index (χ0n) is 18.7. The van der Waals surface area contributed by atoms with Crippen LogP contribution >= 0.6 is 0 Å². The minimum Gasteiger partial charge on any atom is -0.504 e. The summed E-state index contributed by atoms with van der Waals surface area (Å²) in [5, 5.41) is 52.3. The van der Waals surface area contributed by atoms with Gasteiger partial charge in [-0.15, -0.1) is 0 Å². The van der Waals surface area contributed by atoms with Crippen LogP contribution in [0.15, 0.2) is 42.5 Å². The fraction of sp³-hybridized carbons (Fsp3) is 0.318. The van der Waals surface area contributed by atoms with Gasteiger partial charge in [0, 0.05) is 12.0 Å². The largest absolute Gasteiger partial charge is 0.504 e. The number of amides is 3. The number of phenolic OH excluding ortho intramolecular Hbond substituents is 2. The highest BCUT2D eigenvalue weighted by molar-refractivity contribution is 6.60. The van der Waals surface area contributed by atoms with Gasteiger partial charge in [-0.1, -0.05) is 38.1 Å². The molecule has 2 aromatic rings. The highest BCUT2D eigenvalue weighted by Gasteiger charge is 2.29. The summed E-state index contributed by atoms with van der Waals surface area (Å²) in [6, 6.07) is 7.33. The first-order chi connectivity index (χ1) is 16.0. The van der Waals surface area contributed by atoms with Crippen molar-refractivity contribution >= 4 is 30.3 Å². The molecule has 0 fully saturated rings. The molecule has 12 heteroatoms. The minimum atomic E-state index is -1.89. The third-order valence-corrected chi connectivity index (χ3v) is 5.04. The summed E-state index contributed by atoms with van der Waals surface area (Å²) in [4.78, 5) is 38.0. The second kappa shape index (κ2) is 12.0. The lowest BCUT2D eigenvalue weighted by atomic mass is 9.77. The van der Waals surface area contributed by atoms with Gasteiger partial charge in [-0.25, -0.2) is 5.48 Å². The number of benzene rings is 2. The summed E-state index contributed by atoms with van der Waals surface area (Å²) in [7, 11) is -1.89. The van der Waals surface area contributed by atoms with Crippen LogP contribution in [0.3, 0.4) is 0 Å². The summed E-state index contributed by atoms with van der Waals surface area (Å²) in [5.41, 5.74) is 1.80. The van der Waals surface area contributed by atoms with Crippen LogP contribution in [0.1, 0.15) is 36.2 Å². The number of nitrogens with one attached hydrogen (secondary N) is 3. The Balaban J connectivity index is 2.23. The molecule has 0 aliphatic carbocycles. The third kappa shape index (κ3) is 7.20. The highest BCUT2D eigenvalue weighted by atomic mass is 16.5. The fourth-order valence-corrected chi connectivity index (χ4v) is 3.36. The summed E-state index contributed by atoms with van der Waals surface area (Å²) in [5.74, 6) is -3.15. The lowest BCUT2D eigenvalue weighted by Crippen LogP contribution is -2.55. The van der Waals surface area contributed by atoms with Crippen LogP contribution in [0.2, 0.25) is 0 Å². The quantitative estimate of drug-likeness (QED) is 0.0948. The summed E-state index contributed by atoms with van der Waals surface area (Å²) >= 11 is 0. The normalized spacial score (nSPS) is 12.5. The first kappa shape index (κ1) is 26.6. The second-order valence-electron chi connectivity index (χ2n) is 8.18. The van der Waals surface area contributed by atoms with E-state index in [9.17, 15) is 34.6 Å². The number of rotatable bonds is 10. The van der Waals surface area contributed by atoms with E-state index in [1.165, 1.54) is 47.9 Å². The third-order valence-electron chi connectivity index (χ3n) is 5.04. The fourth-order valence-electron chi connectivity index (χ4n) is 3.36. The number of carbonyl (C=O) groups is 3.